The van der Waals surface area contributed by atoms with Crippen molar-refractivity contribution in [1.29, 1.82) is 0 Å². The summed E-state index contributed by atoms with van der Waals surface area (Å²) in [5, 5.41) is 10.5. The molecule has 0 aromatic heterocycles. The first-order chi connectivity index (χ1) is 4.31. The summed E-state index contributed by atoms with van der Waals surface area (Å²) in [7, 11) is 1.52. The van der Waals surface area contributed by atoms with E-state index < -0.39 is 0 Å². The maximum atomic E-state index is 10.5. The number of nitrogens with zero attached hydrogens (tertiary/aromatic N) is 1. The molecule has 0 fully saturated rings. The molecule has 2 nitrogen and oxygen atoms in total. The Hall–Kier alpha value is -0.790. The Kier molecular flexibility index (Phi) is 4.88. The summed E-state index contributed by atoms with van der Waals surface area (Å²) in [6.45, 7) is 3.54. The highest BCUT2D eigenvalue weighted by Gasteiger charge is 1.92. The van der Waals surface area contributed by atoms with Gasteiger partial charge in [0, 0.05) is 13.5 Å². The van der Waals surface area contributed by atoms with Crippen LogP contribution in [-0.2, 0) is 5.11 Å². The first kappa shape index (κ1) is 8.21. The Morgan fingerprint density at radius 1 is 1.78 bits per heavy atom. The third kappa shape index (κ3) is 5.07. The van der Waals surface area contributed by atoms with Gasteiger partial charge in [-0.2, -0.15) is 0 Å². The second kappa shape index (κ2) is 5.35. The summed E-state index contributed by atoms with van der Waals surface area (Å²) < 4.78 is 0. The fourth-order valence-corrected chi connectivity index (χ4v) is 0.509. The quantitative estimate of drug-likeness (QED) is 0.238. The van der Waals surface area contributed by atoms with Crippen LogP contribution in [0, 0.1) is 0 Å². The predicted octanol–water partition coefficient (Wildman–Crippen LogP) is 1.80. The van der Waals surface area contributed by atoms with Gasteiger partial charge in [-0.05, 0) is 12.8 Å². The van der Waals surface area contributed by atoms with E-state index in [2.05, 4.69) is 11.6 Å². The number of hydrogen-bond donors (Lipinski definition) is 0. The molecule has 0 rings (SSSR count). The molecule has 0 atom stereocenters. The Labute approximate surface area is 55.9 Å². The Morgan fingerprint density at radius 3 is 2.89 bits per heavy atom. The van der Waals surface area contributed by atoms with Crippen molar-refractivity contribution in [3.05, 3.63) is 12.7 Å². The highest BCUT2D eigenvalue weighted by Crippen LogP contribution is 1.95. The predicted molar refractivity (Wildman–Crippen MR) is 38.1 cm³/mol. The average molecular weight is 126 g/mol. The van der Waals surface area contributed by atoms with Crippen molar-refractivity contribution in [3.8, 4) is 0 Å². The van der Waals surface area contributed by atoms with Crippen molar-refractivity contribution >= 4 is 5.90 Å². The minimum Gasteiger partial charge on any atom is -0.273 e. The van der Waals surface area contributed by atoms with Crippen LogP contribution in [0.2, 0.25) is 0 Å². The lowest BCUT2D eigenvalue weighted by Crippen LogP contribution is -1.91. The van der Waals surface area contributed by atoms with Gasteiger partial charge in [0.25, 0.3) is 0 Å². The van der Waals surface area contributed by atoms with Crippen LogP contribution in [0.3, 0.4) is 0 Å². The van der Waals surface area contributed by atoms with Gasteiger partial charge in [0.05, 0.1) is 0 Å². The molecule has 0 N–H and O–H groups in total. The lowest BCUT2D eigenvalue weighted by molar-refractivity contribution is 0.408. The van der Waals surface area contributed by atoms with E-state index in [1.807, 2.05) is 6.08 Å². The van der Waals surface area contributed by atoms with Gasteiger partial charge >= 0.3 is 0 Å². The second-order valence-corrected chi connectivity index (χ2v) is 1.80. The van der Waals surface area contributed by atoms with E-state index in [9.17, 15) is 5.11 Å². The third-order valence-corrected chi connectivity index (χ3v) is 1.05. The van der Waals surface area contributed by atoms with Crippen LogP contribution >= 0.6 is 0 Å². The minimum atomic E-state index is -0.0168. The molecule has 0 amide bonds. The highest BCUT2D eigenvalue weighted by molar-refractivity contribution is 5.72. The molecule has 0 aromatic carbocycles. The zero-order valence-corrected chi connectivity index (χ0v) is 5.76. The molecule has 0 spiro atoms. The van der Waals surface area contributed by atoms with Crippen molar-refractivity contribution < 1.29 is 5.11 Å². The molecular formula is C7H12NO. The van der Waals surface area contributed by atoms with E-state index >= 15 is 0 Å². The fourth-order valence-electron chi connectivity index (χ4n) is 0.509. The SMILES string of the molecule is C=CCCCC([O])=NC. The topological polar surface area (TPSA) is 32.3 Å². The van der Waals surface area contributed by atoms with E-state index in [-0.39, 0.29) is 5.90 Å². The molecule has 9 heavy (non-hydrogen) atoms. The molecule has 0 unspecified atom stereocenters. The standard InChI is InChI=1S/C7H12NO/c1-3-4-5-6-7(9)8-2/h3H,1,4-6H2,2H3. The van der Waals surface area contributed by atoms with E-state index in [0.29, 0.717) is 6.42 Å². The zero-order chi connectivity index (χ0) is 7.11. The summed E-state index contributed by atoms with van der Waals surface area (Å²) in [6, 6.07) is 0. The molecule has 0 aliphatic rings. The van der Waals surface area contributed by atoms with Gasteiger partial charge in [-0.3, -0.25) is 10.1 Å². The molecular weight excluding hydrogens is 114 g/mol. The first-order valence-corrected chi connectivity index (χ1v) is 3.04. The molecule has 51 valence electrons. The van der Waals surface area contributed by atoms with Gasteiger partial charge in [0.2, 0.25) is 5.90 Å². The van der Waals surface area contributed by atoms with Crippen molar-refractivity contribution in [2.75, 3.05) is 7.05 Å². The zero-order valence-electron chi connectivity index (χ0n) is 5.76. The number of allylic oxidation sites excluding steroid dienone is 1. The summed E-state index contributed by atoms with van der Waals surface area (Å²) >= 11 is 0. The van der Waals surface area contributed by atoms with E-state index in [1.54, 1.807) is 0 Å². The average Bonchev–Trinajstić information content (AvgIpc) is 1.89. The molecule has 0 saturated carbocycles. The van der Waals surface area contributed by atoms with Gasteiger partial charge < -0.3 is 0 Å². The molecule has 0 aliphatic carbocycles. The van der Waals surface area contributed by atoms with Crippen molar-refractivity contribution in [3.63, 3.8) is 0 Å². The van der Waals surface area contributed by atoms with Crippen LogP contribution in [0.15, 0.2) is 17.6 Å². The van der Waals surface area contributed by atoms with Crippen LogP contribution in [0.4, 0.5) is 0 Å². The number of hydrogen-bond acceptors (Lipinski definition) is 1. The fraction of sp³-hybridized carbons (Fsp3) is 0.571. The van der Waals surface area contributed by atoms with Gasteiger partial charge in [-0.1, -0.05) is 6.08 Å². The van der Waals surface area contributed by atoms with Crippen LogP contribution in [0.1, 0.15) is 19.3 Å². The summed E-state index contributed by atoms with van der Waals surface area (Å²) in [5.41, 5.74) is 0. The number of aliphatic imine (C=N–C) groups is 1. The van der Waals surface area contributed by atoms with Crippen molar-refractivity contribution in [2.24, 2.45) is 4.99 Å². The Morgan fingerprint density at radius 2 is 2.44 bits per heavy atom. The molecule has 0 heterocycles. The Bertz CT molecular complexity index is 107. The third-order valence-electron chi connectivity index (χ3n) is 1.05. The van der Waals surface area contributed by atoms with Gasteiger partial charge in [0.15, 0.2) is 0 Å². The highest BCUT2D eigenvalue weighted by atomic mass is 16.3. The van der Waals surface area contributed by atoms with E-state index in [4.69, 9.17) is 0 Å². The van der Waals surface area contributed by atoms with E-state index in [0.717, 1.165) is 12.8 Å². The summed E-state index contributed by atoms with van der Waals surface area (Å²) in [4.78, 5) is 3.49. The van der Waals surface area contributed by atoms with Gasteiger partial charge in [-0.25, -0.2) is 0 Å². The van der Waals surface area contributed by atoms with Crippen LogP contribution in [0.25, 0.3) is 0 Å². The monoisotopic (exact) mass is 126 g/mol. The lowest BCUT2D eigenvalue weighted by atomic mass is 10.2. The molecule has 0 saturated heterocycles. The molecule has 0 bridgehead atoms. The number of rotatable bonds is 4. The summed E-state index contributed by atoms with van der Waals surface area (Å²) in [5.74, 6) is -0.0168. The smallest absolute Gasteiger partial charge is 0.240 e. The summed E-state index contributed by atoms with van der Waals surface area (Å²) in [6.07, 6.45) is 4.15. The molecule has 0 aromatic rings. The van der Waals surface area contributed by atoms with Crippen molar-refractivity contribution in [1.82, 2.24) is 0 Å². The van der Waals surface area contributed by atoms with Gasteiger partial charge in [0.1, 0.15) is 0 Å². The second-order valence-electron chi connectivity index (χ2n) is 1.80. The Balaban J connectivity index is 3.17. The maximum Gasteiger partial charge on any atom is 0.240 e. The molecule has 0 aliphatic heterocycles. The normalized spacial score (nSPS) is 11.4. The maximum absolute atomic E-state index is 10.5. The molecule has 2 heteroatoms. The first-order valence-electron chi connectivity index (χ1n) is 3.04. The largest absolute Gasteiger partial charge is 0.273 e. The van der Waals surface area contributed by atoms with Crippen molar-refractivity contribution in [2.45, 2.75) is 19.3 Å². The van der Waals surface area contributed by atoms with Crippen LogP contribution in [-0.4, -0.2) is 12.9 Å². The number of unbranched alkanes of at least 4 members (excludes halogenated alkanes) is 1. The van der Waals surface area contributed by atoms with Gasteiger partial charge in [-0.15, -0.1) is 6.58 Å². The molecule has 1 radical (unpaired) electrons. The van der Waals surface area contributed by atoms with Crippen LogP contribution < -0.4 is 0 Å². The van der Waals surface area contributed by atoms with Crippen LogP contribution in [0.5, 0.6) is 0 Å². The minimum absolute atomic E-state index is 0.0168. The lowest BCUT2D eigenvalue weighted by Gasteiger charge is -1.89. The van der Waals surface area contributed by atoms with E-state index in [1.165, 1.54) is 7.05 Å².